The molecule has 11 heteroatoms. The molecule has 0 bridgehead atoms. The van der Waals surface area contributed by atoms with Crippen molar-refractivity contribution in [2.45, 2.75) is 43.5 Å². The summed E-state index contributed by atoms with van der Waals surface area (Å²) < 4.78 is 44.4. The predicted octanol–water partition coefficient (Wildman–Crippen LogP) is 4.54. The number of thioether (sulfide) groups is 1. The van der Waals surface area contributed by atoms with Crippen LogP contribution in [0.25, 0.3) is 10.9 Å². The number of ether oxygens (including phenoxy) is 1. The summed E-state index contributed by atoms with van der Waals surface area (Å²) in [7, 11) is 0. The van der Waals surface area contributed by atoms with Crippen molar-refractivity contribution in [3.63, 3.8) is 0 Å². The zero-order valence-corrected chi connectivity index (χ0v) is 18.9. The number of carbonyl (C=O) groups is 1. The van der Waals surface area contributed by atoms with Gasteiger partial charge in [0.1, 0.15) is 5.75 Å². The molecule has 1 aromatic carbocycles. The Balaban J connectivity index is 1.74. The molecule has 0 radical (unpaired) electrons. The van der Waals surface area contributed by atoms with Gasteiger partial charge >= 0.3 is 6.18 Å². The number of halogens is 4. The van der Waals surface area contributed by atoms with E-state index in [4.69, 9.17) is 22.8 Å². The molecule has 0 saturated carbocycles. The maximum Gasteiger partial charge on any atom is 0.428 e. The normalized spacial score (nSPS) is 17.3. The number of alkyl halides is 3. The van der Waals surface area contributed by atoms with Crippen molar-refractivity contribution in [3.8, 4) is 18.1 Å². The van der Waals surface area contributed by atoms with E-state index in [1.54, 1.807) is 32.2 Å². The summed E-state index contributed by atoms with van der Waals surface area (Å²) in [6.45, 7) is 3.09. The lowest BCUT2D eigenvalue weighted by Crippen LogP contribution is -2.53. The fraction of sp³-hybridized carbons (Fsp3) is 0.381. The molecule has 3 rings (SSSR count). The third kappa shape index (κ3) is 5.22. The van der Waals surface area contributed by atoms with Crippen LogP contribution in [0.3, 0.4) is 0 Å². The molecular weight excluding hydrogens is 467 g/mol. The van der Waals surface area contributed by atoms with Crippen LogP contribution in [0.15, 0.2) is 29.6 Å². The quantitative estimate of drug-likeness (QED) is 0.480. The molecule has 2 heterocycles. The van der Waals surface area contributed by atoms with E-state index < -0.39 is 35.6 Å². The van der Waals surface area contributed by atoms with Gasteiger partial charge in [-0.1, -0.05) is 22.7 Å². The number of nitrogens with zero attached hydrogens (tertiary/aromatic N) is 2. The lowest BCUT2D eigenvalue weighted by Gasteiger charge is -2.28. The van der Waals surface area contributed by atoms with Crippen LogP contribution in [0, 0.1) is 12.3 Å². The molecule has 0 saturated heterocycles. The van der Waals surface area contributed by atoms with E-state index in [0.717, 1.165) is 11.8 Å². The monoisotopic (exact) mass is 485 g/mol. The minimum Gasteiger partial charge on any atom is -0.470 e. The minimum absolute atomic E-state index is 0.0784. The Morgan fingerprint density at radius 2 is 2.12 bits per heavy atom. The number of pyridine rings is 1. The van der Waals surface area contributed by atoms with Crippen LogP contribution in [-0.4, -0.2) is 46.1 Å². The molecule has 170 valence electrons. The van der Waals surface area contributed by atoms with Crippen molar-refractivity contribution in [2.75, 3.05) is 6.26 Å². The molecule has 0 fully saturated rings. The number of oxime groups is 1. The number of rotatable bonds is 6. The number of nitrogens with one attached hydrogen (secondary N) is 1. The first-order valence-corrected chi connectivity index (χ1v) is 11.0. The summed E-state index contributed by atoms with van der Waals surface area (Å²) >= 11 is 7.39. The van der Waals surface area contributed by atoms with Crippen LogP contribution in [0.2, 0.25) is 5.02 Å². The first kappa shape index (κ1) is 24.0. The fourth-order valence-corrected chi connectivity index (χ4v) is 3.77. The Morgan fingerprint density at radius 3 is 2.72 bits per heavy atom. The lowest BCUT2D eigenvalue weighted by atomic mass is 9.94. The van der Waals surface area contributed by atoms with Crippen LogP contribution in [0.1, 0.15) is 25.8 Å². The summed E-state index contributed by atoms with van der Waals surface area (Å²) in [5, 5.41) is 7.17. The van der Waals surface area contributed by atoms with Crippen LogP contribution in [0.5, 0.6) is 5.75 Å². The second kappa shape index (κ2) is 9.08. The van der Waals surface area contributed by atoms with Gasteiger partial charge in [-0.3, -0.25) is 9.78 Å². The van der Waals surface area contributed by atoms with Crippen LogP contribution in [-0.2, 0) is 9.63 Å². The first-order valence-electron chi connectivity index (χ1n) is 9.32. The summed E-state index contributed by atoms with van der Waals surface area (Å²) in [5.74, 6) is 2.25. The molecule has 32 heavy (non-hydrogen) atoms. The molecule has 1 N–H and O–H groups in total. The highest BCUT2D eigenvalue weighted by Crippen LogP contribution is 2.32. The van der Waals surface area contributed by atoms with Crippen molar-refractivity contribution < 1.29 is 27.5 Å². The van der Waals surface area contributed by atoms with Gasteiger partial charge in [-0.25, -0.2) is 0 Å². The van der Waals surface area contributed by atoms with Crippen LogP contribution in [0.4, 0.5) is 13.2 Å². The van der Waals surface area contributed by atoms with Gasteiger partial charge in [0.2, 0.25) is 11.5 Å². The molecule has 1 aliphatic heterocycles. The van der Waals surface area contributed by atoms with Crippen molar-refractivity contribution in [3.05, 3.63) is 35.0 Å². The van der Waals surface area contributed by atoms with E-state index in [-0.39, 0.29) is 5.71 Å². The Morgan fingerprint density at radius 1 is 1.41 bits per heavy atom. The second-order valence-electron chi connectivity index (χ2n) is 7.52. The average molecular weight is 486 g/mol. The number of terminal acetylenes is 1. The highest BCUT2D eigenvalue weighted by atomic mass is 35.5. The molecule has 1 aromatic heterocycles. The van der Waals surface area contributed by atoms with Gasteiger partial charge in [-0.15, -0.1) is 18.2 Å². The van der Waals surface area contributed by atoms with E-state index in [1.807, 2.05) is 0 Å². The van der Waals surface area contributed by atoms with Gasteiger partial charge in [0.05, 0.1) is 21.8 Å². The predicted molar refractivity (Wildman–Crippen MR) is 118 cm³/mol. The molecule has 6 nitrogen and oxygen atoms in total. The zero-order chi connectivity index (χ0) is 23.7. The van der Waals surface area contributed by atoms with Gasteiger partial charge < -0.3 is 14.9 Å². The number of amides is 1. The molecule has 0 aliphatic carbocycles. The maximum absolute atomic E-state index is 12.9. The molecule has 2 atom stereocenters. The molecule has 1 aliphatic rings. The van der Waals surface area contributed by atoms with Crippen molar-refractivity contribution in [2.24, 2.45) is 5.16 Å². The second-order valence-corrected chi connectivity index (χ2v) is 8.83. The van der Waals surface area contributed by atoms with Gasteiger partial charge in [0, 0.05) is 29.6 Å². The standard InChI is InChI=1S/C21H19ClF3N3O3S/c1-5-11-6-12-7-13(8-14(22)17(12)26-10-11)30-19(32-4)18(29)27-20(2,3)15-9-16(31-28-15)21(23,24)25/h1,6-8,10,16,19H,9H2,2-4H3,(H,27,29). The fourth-order valence-electron chi connectivity index (χ4n) is 3.02. The van der Waals surface area contributed by atoms with Gasteiger partial charge in [-0.2, -0.15) is 13.2 Å². The smallest absolute Gasteiger partial charge is 0.428 e. The van der Waals surface area contributed by atoms with E-state index in [1.165, 1.54) is 12.3 Å². The summed E-state index contributed by atoms with van der Waals surface area (Å²) in [4.78, 5) is 21.5. The Hall–Kier alpha value is -2.64. The van der Waals surface area contributed by atoms with Gasteiger partial charge in [0.25, 0.3) is 5.91 Å². The molecule has 1 amide bonds. The number of benzene rings is 1. The van der Waals surface area contributed by atoms with E-state index in [2.05, 4.69) is 26.2 Å². The van der Waals surface area contributed by atoms with Crippen LogP contribution >= 0.6 is 23.4 Å². The Bertz CT molecular complexity index is 1120. The SMILES string of the molecule is C#Cc1cnc2c(Cl)cc(OC(SC)C(=O)NC(C)(C)C3=NOC(C(F)(F)F)C3)cc2c1. The highest BCUT2D eigenvalue weighted by Gasteiger charge is 2.48. The van der Waals surface area contributed by atoms with Crippen molar-refractivity contribution in [1.29, 1.82) is 0 Å². The lowest BCUT2D eigenvalue weighted by molar-refractivity contribution is -0.212. The first-order chi connectivity index (χ1) is 14.9. The summed E-state index contributed by atoms with van der Waals surface area (Å²) in [6, 6.07) is 4.89. The zero-order valence-electron chi connectivity index (χ0n) is 17.3. The number of carbonyl (C=O) groups excluding carboxylic acids is 1. The van der Waals surface area contributed by atoms with Crippen molar-refractivity contribution in [1.82, 2.24) is 10.3 Å². The van der Waals surface area contributed by atoms with Crippen molar-refractivity contribution >= 4 is 45.9 Å². The van der Waals surface area contributed by atoms with E-state index in [9.17, 15) is 18.0 Å². The minimum atomic E-state index is -4.54. The summed E-state index contributed by atoms with van der Waals surface area (Å²) in [5.41, 5.74) is -1.02. The number of fused-ring (bicyclic) bond motifs is 1. The average Bonchev–Trinajstić information content (AvgIpc) is 3.23. The molecule has 2 unspecified atom stereocenters. The maximum atomic E-state index is 12.9. The van der Waals surface area contributed by atoms with Gasteiger partial charge in [-0.05, 0) is 32.2 Å². The van der Waals surface area contributed by atoms with E-state index >= 15 is 0 Å². The number of hydrogen-bond donors (Lipinski definition) is 1. The van der Waals surface area contributed by atoms with Crippen LogP contribution < -0.4 is 10.1 Å². The Kier molecular flexibility index (Phi) is 6.81. The Labute approximate surface area is 191 Å². The topological polar surface area (TPSA) is 72.8 Å². The molecular formula is C21H19ClF3N3O3S. The third-order valence-corrected chi connectivity index (χ3v) is 5.77. The third-order valence-electron chi connectivity index (χ3n) is 4.74. The summed E-state index contributed by atoms with van der Waals surface area (Å²) in [6.07, 6.45) is 1.56. The molecule has 0 spiro atoms. The number of hydrogen-bond acceptors (Lipinski definition) is 6. The van der Waals surface area contributed by atoms with Gasteiger partial charge in [0.15, 0.2) is 0 Å². The highest BCUT2D eigenvalue weighted by molar-refractivity contribution is 7.99. The molecule has 2 aromatic rings. The van der Waals surface area contributed by atoms with E-state index in [0.29, 0.717) is 27.2 Å². The number of aromatic nitrogens is 1. The largest absolute Gasteiger partial charge is 0.470 e.